The molecule has 3 rings (SSSR count). The van der Waals surface area contributed by atoms with Crippen molar-refractivity contribution in [1.29, 1.82) is 0 Å². The number of hydrogen-bond acceptors (Lipinski definition) is 3. The number of methoxy groups -OCH3 is 1. The first-order valence-electron chi connectivity index (χ1n) is 9.76. The SMILES string of the molecule is C[CH]C(C(=O)C1(c2ccc(OC)cn2)CC1)c1cccc(C#C[Si](C)(C)C)c1. The van der Waals surface area contributed by atoms with Crippen molar-refractivity contribution in [3.8, 4) is 17.2 Å². The molecule has 0 aliphatic heterocycles. The van der Waals surface area contributed by atoms with Gasteiger partial charge in [-0.25, -0.2) is 0 Å². The number of ketones is 1. The van der Waals surface area contributed by atoms with Crippen LogP contribution in [-0.2, 0) is 10.2 Å². The van der Waals surface area contributed by atoms with Gasteiger partial charge in [-0.2, -0.15) is 0 Å². The second-order valence-corrected chi connectivity index (χ2v) is 13.2. The van der Waals surface area contributed by atoms with Gasteiger partial charge in [-0.15, -0.1) is 5.54 Å². The van der Waals surface area contributed by atoms with Crippen LogP contribution in [0, 0.1) is 17.9 Å². The van der Waals surface area contributed by atoms with Crippen LogP contribution in [-0.4, -0.2) is 26.0 Å². The Hall–Kier alpha value is -2.38. The van der Waals surface area contributed by atoms with E-state index in [0.717, 1.165) is 29.7 Å². The van der Waals surface area contributed by atoms with Gasteiger partial charge in [-0.05, 0) is 49.1 Å². The molecule has 28 heavy (non-hydrogen) atoms. The summed E-state index contributed by atoms with van der Waals surface area (Å²) in [5.74, 6) is 3.98. The molecule has 0 bridgehead atoms. The fraction of sp³-hybridized carbons (Fsp3) is 0.375. The number of benzene rings is 1. The van der Waals surface area contributed by atoms with E-state index in [0.29, 0.717) is 5.75 Å². The number of hydrogen-bond donors (Lipinski definition) is 0. The monoisotopic (exact) mass is 390 g/mol. The van der Waals surface area contributed by atoms with Crippen molar-refractivity contribution in [3.63, 3.8) is 0 Å². The van der Waals surface area contributed by atoms with Gasteiger partial charge in [-0.3, -0.25) is 9.78 Å². The summed E-state index contributed by atoms with van der Waals surface area (Å²) in [6, 6.07) is 11.9. The van der Waals surface area contributed by atoms with Gasteiger partial charge < -0.3 is 4.74 Å². The molecule has 1 unspecified atom stereocenters. The first kappa shape index (κ1) is 20.4. The lowest BCUT2D eigenvalue weighted by Crippen LogP contribution is -2.28. The van der Waals surface area contributed by atoms with Crippen LogP contribution >= 0.6 is 0 Å². The fourth-order valence-electron chi connectivity index (χ4n) is 3.40. The Balaban J connectivity index is 1.88. The molecule has 1 aromatic heterocycles. The molecule has 3 nitrogen and oxygen atoms in total. The Bertz CT molecular complexity index is 912. The third-order valence-electron chi connectivity index (χ3n) is 5.13. The predicted octanol–water partition coefficient (Wildman–Crippen LogP) is 4.93. The molecule has 2 aromatic rings. The summed E-state index contributed by atoms with van der Waals surface area (Å²) < 4.78 is 5.20. The van der Waals surface area contributed by atoms with Crippen LogP contribution in [0.3, 0.4) is 0 Å². The van der Waals surface area contributed by atoms with Crippen molar-refractivity contribution in [2.75, 3.05) is 7.11 Å². The zero-order valence-corrected chi connectivity index (χ0v) is 18.4. The highest BCUT2D eigenvalue weighted by Gasteiger charge is 2.54. The third kappa shape index (κ3) is 4.36. The van der Waals surface area contributed by atoms with E-state index in [1.807, 2.05) is 43.7 Å². The third-order valence-corrected chi connectivity index (χ3v) is 6.00. The van der Waals surface area contributed by atoms with Crippen LogP contribution in [0.4, 0.5) is 0 Å². The van der Waals surface area contributed by atoms with Crippen LogP contribution in [0.15, 0.2) is 42.6 Å². The molecule has 145 valence electrons. The Kier molecular flexibility index (Phi) is 5.76. The number of pyridine rings is 1. The number of rotatable bonds is 6. The summed E-state index contributed by atoms with van der Waals surface area (Å²) >= 11 is 0. The normalized spacial score (nSPS) is 15.9. The second kappa shape index (κ2) is 7.93. The highest BCUT2D eigenvalue weighted by atomic mass is 28.3. The van der Waals surface area contributed by atoms with Crippen LogP contribution in [0.1, 0.15) is 42.5 Å². The van der Waals surface area contributed by atoms with Crippen LogP contribution < -0.4 is 4.74 Å². The minimum Gasteiger partial charge on any atom is -0.495 e. The summed E-state index contributed by atoms with van der Waals surface area (Å²) in [6.45, 7) is 8.65. The van der Waals surface area contributed by atoms with Gasteiger partial charge in [0.25, 0.3) is 0 Å². The van der Waals surface area contributed by atoms with E-state index in [1.165, 1.54) is 0 Å². The summed E-state index contributed by atoms with van der Waals surface area (Å²) in [4.78, 5) is 18.0. The molecule has 1 aliphatic carbocycles. The Morgan fingerprint density at radius 1 is 1.25 bits per heavy atom. The molecule has 1 atom stereocenters. The van der Waals surface area contributed by atoms with Gasteiger partial charge in [0.15, 0.2) is 5.78 Å². The lowest BCUT2D eigenvalue weighted by molar-refractivity contribution is -0.122. The number of carbonyl (C=O) groups excluding carboxylic acids is 1. The molecule has 0 saturated heterocycles. The summed E-state index contributed by atoms with van der Waals surface area (Å²) in [6.07, 6.45) is 5.40. The van der Waals surface area contributed by atoms with Crippen molar-refractivity contribution >= 4 is 13.9 Å². The number of carbonyl (C=O) groups is 1. The highest BCUT2D eigenvalue weighted by molar-refractivity contribution is 6.83. The van der Waals surface area contributed by atoms with Crippen molar-refractivity contribution in [2.45, 2.75) is 50.7 Å². The largest absolute Gasteiger partial charge is 0.495 e. The number of nitrogens with zero attached hydrogens (tertiary/aromatic N) is 1. The summed E-state index contributed by atoms with van der Waals surface area (Å²) in [5, 5.41) is 0. The maximum absolute atomic E-state index is 13.5. The van der Waals surface area contributed by atoms with E-state index in [-0.39, 0.29) is 11.7 Å². The maximum Gasteiger partial charge on any atom is 0.152 e. The van der Waals surface area contributed by atoms with Gasteiger partial charge in [-0.1, -0.05) is 44.6 Å². The van der Waals surface area contributed by atoms with Gasteiger partial charge in [0.1, 0.15) is 13.8 Å². The van der Waals surface area contributed by atoms with E-state index in [4.69, 9.17) is 4.74 Å². The minimum absolute atomic E-state index is 0.225. The van der Waals surface area contributed by atoms with Crippen LogP contribution in [0.2, 0.25) is 19.6 Å². The van der Waals surface area contributed by atoms with E-state index >= 15 is 0 Å². The second-order valence-electron chi connectivity index (χ2n) is 8.47. The quantitative estimate of drug-likeness (QED) is 0.519. The Morgan fingerprint density at radius 3 is 2.54 bits per heavy atom. The topological polar surface area (TPSA) is 39.2 Å². The molecule has 4 heteroatoms. The van der Waals surface area contributed by atoms with Gasteiger partial charge in [0, 0.05) is 11.5 Å². The van der Waals surface area contributed by atoms with Crippen LogP contribution in [0.5, 0.6) is 5.75 Å². The van der Waals surface area contributed by atoms with Gasteiger partial charge >= 0.3 is 0 Å². The molecule has 1 heterocycles. The molecular weight excluding hydrogens is 362 g/mol. The summed E-state index contributed by atoms with van der Waals surface area (Å²) in [5.41, 5.74) is 5.77. The van der Waals surface area contributed by atoms with E-state index in [9.17, 15) is 4.79 Å². The molecule has 1 aromatic carbocycles. The summed E-state index contributed by atoms with van der Waals surface area (Å²) in [7, 11) is 0.179. The molecule has 1 radical (unpaired) electrons. The molecule has 0 N–H and O–H groups in total. The lowest BCUT2D eigenvalue weighted by Gasteiger charge is -2.21. The Morgan fingerprint density at radius 2 is 2.00 bits per heavy atom. The van der Waals surface area contributed by atoms with Crippen molar-refractivity contribution in [3.05, 3.63) is 65.8 Å². The van der Waals surface area contributed by atoms with E-state index in [1.54, 1.807) is 13.3 Å². The lowest BCUT2D eigenvalue weighted by atomic mass is 9.81. The zero-order chi connectivity index (χ0) is 20.4. The van der Waals surface area contributed by atoms with Gasteiger partial charge in [0.2, 0.25) is 0 Å². The molecule has 1 saturated carbocycles. The minimum atomic E-state index is -1.44. The first-order chi connectivity index (χ1) is 13.3. The predicted molar refractivity (Wildman–Crippen MR) is 116 cm³/mol. The maximum atomic E-state index is 13.5. The first-order valence-corrected chi connectivity index (χ1v) is 13.3. The zero-order valence-electron chi connectivity index (χ0n) is 17.4. The molecule has 0 spiro atoms. The fourth-order valence-corrected chi connectivity index (χ4v) is 3.92. The molecule has 0 amide bonds. The number of aromatic nitrogens is 1. The highest BCUT2D eigenvalue weighted by Crippen LogP contribution is 2.51. The molecular formula is C24H28NO2Si. The van der Waals surface area contributed by atoms with Crippen molar-refractivity contribution in [1.82, 2.24) is 4.98 Å². The Labute approximate surface area is 169 Å². The number of Topliss-reactive ketones (excluding diaryl/α,β-unsaturated/α-hetero) is 1. The molecule has 1 fully saturated rings. The smallest absolute Gasteiger partial charge is 0.152 e. The van der Waals surface area contributed by atoms with E-state index in [2.05, 4.69) is 42.2 Å². The van der Waals surface area contributed by atoms with Gasteiger partial charge in [0.05, 0.1) is 24.4 Å². The average molecular weight is 391 g/mol. The van der Waals surface area contributed by atoms with Crippen molar-refractivity contribution < 1.29 is 9.53 Å². The number of ether oxygens (including phenoxy) is 1. The molecule has 1 aliphatic rings. The van der Waals surface area contributed by atoms with Crippen molar-refractivity contribution in [2.24, 2.45) is 0 Å². The van der Waals surface area contributed by atoms with Crippen LogP contribution in [0.25, 0.3) is 0 Å². The standard InChI is InChI=1S/C24H28NO2Si/c1-6-21(19-9-7-8-18(16-19)12-15-28(3,4)5)23(26)24(13-14-24)22-11-10-20(27-2)17-25-22/h6-11,16-17,21H,13-14H2,1-5H3. The average Bonchev–Trinajstić information content (AvgIpc) is 3.49. The van der Waals surface area contributed by atoms with E-state index < -0.39 is 13.5 Å².